The van der Waals surface area contributed by atoms with Gasteiger partial charge in [0.05, 0.1) is 0 Å². The van der Waals surface area contributed by atoms with Crippen LogP contribution in [0.5, 0.6) is 0 Å². The maximum Gasteiger partial charge on any atom is 0.306 e. The second-order valence-corrected chi connectivity index (χ2v) is 20.7. The highest BCUT2D eigenvalue weighted by atomic mass is 16.6. The third-order valence-electron chi connectivity index (χ3n) is 13.7. The molecule has 0 aliphatic rings. The second-order valence-electron chi connectivity index (χ2n) is 20.7. The normalized spacial score (nSPS) is 12.3. The molecule has 0 aliphatic carbocycles. The summed E-state index contributed by atoms with van der Waals surface area (Å²) in [6, 6.07) is 0. The van der Waals surface area contributed by atoms with Gasteiger partial charge in [-0.15, -0.1) is 0 Å². The first-order valence-corrected chi connectivity index (χ1v) is 30.7. The van der Waals surface area contributed by atoms with Crippen molar-refractivity contribution in [2.24, 2.45) is 0 Å². The SMILES string of the molecule is CCCCC\C=C/C=C\C=C/C=C\CCCCCCCC(=O)OCC(COC(=O)CCCCCCCCCCCCCCCCCC)OC(=O)CCCCCCCCCCCCCCCCCCCC. The van der Waals surface area contributed by atoms with Crippen LogP contribution in [-0.4, -0.2) is 37.2 Å². The number of allylic oxidation sites excluding steroid dienone is 8. The smallest absolute Gasteiger partial charge is 0.306 e. The first kappa shape index (κ1) is 67.4. The third-order valence-corrected chi connectivity index (χ3v) is 13.7. The minimum absolute atomic E-state index is 0.0761. The Kier molecular flexibility index (Phi) is 56.7. The lowest BCUT2D eigenvalue weighted by Gasteiger charge is -2.18. The first-order valence-electron chi connectivity index (χ1n) is 30.7. The highest BCUT2D eigenvalue weighted by Gasteiger charge is 2.19. The van der Waals surface area contributed by atoms with Gasteiger partial charge in [-0.25, -0.2) is 0 Å². The molecule has 0 fully saturated rings. The van der Waals surface area contributed by atoms with E-state index in [1.165, 1.54) is 199 Å². The summed E-state index contributed by atoms with van der Waals surface area (Å²) in [5.41, 5.74) is 0. The third kappa shape index (κ3) is 56.3. The van der Waals surface area contributed by atoms with Gasteiger partial charge in [-0.05, 0) is 44.9 Å². The van der Waals surface area contributed by atoms with E-state index in [0.29, 0.717) is 19.3 Å². The topological polar surface area (TPSA) is 78.9 Å². The summed E-state index contributed by atoms with van der Waals surface area (Å²) < 4.78 is 16.9. The van der Waals surface area contributed by atoms with Gasteiger partial charge in [0, 0.05) is 19.3 Å². The number of hydrogen-bond acceptors (Lipinski definition) is 6. The molecule has 0 N–H and O–H groups in total. The summed E-state index contributed by atoms with van der Waals surface area (Å²) in [5, 5.41) is 0. The van der Waals surface area contributed by atoms with Crippen LogP contribution >= 0.6 is 0 Å². The van der Waals surface area contributed by atoms with Gasteiger partial charge in [-0.2, -0.15) is 0 Å². The van der Waals surface area contributed by atoms with E-state index in [2.05, 4.69) is 69.4 Å². The number of ether oxygens (including phenoxy) is 3. The molecule has 0 radical (unpaired) electrons. The Bertz CT molecular complexity index is 1220. The number of esters is 3. The van der Waals surface area contributed by atoms with Crippen molar-refractivity contribution in [2.45, 2.75) is 329 Å². The van der Waals surface area contributed by atoms with Crippen molar-refractivity contribution in [3.8, 4) is 0 Å². The summed E-state index contributed by atoms with van der Waals surface area (Å²) in [4.78, 5) is 38.3. The van der Waals surface area contributed by atoms with Gasteiger partial charge in [0.15, 0.2) is 6.10 Å². The van der Waals surface area contributed by atoms with Gasteiger partial charge >= 0.3 is 17.9 Å². The highest BCUT2D eigenvalue weighted by Crippen LogP contribution is 2.17. The Morgan fingerprint density at radius 3 is 0.829 bits per heavy atom. The van der Waals surface area contributed by atoms with Crippen molar-refractivity contribution in [2.75, 3.05) is 13.2 Å². The van der Waals surface area contributed by atoms with Crippen LogP contribution in [0, 0.1) is 0 Å². The van der Waals surface area contributed by atoms with Gasteiger partial charge < -0.3 is 14.2 Å². The Hall–Kier alpha value is -2.63. The maximum absolute atomic E-state index is 12.9. The van der Waals surface area contributed by atoms with Gasteiger partial charge in [0.1, 0.15) is 13.2 Å². The maximum atomic E-state index is 12.9. The number of unbranched alkanes of at least 4 members (excludes halogenated alkanes) is 40. The molecule has 1 atom stereocenters. The summed E-state index contributed by atoms with van der Waals surface area (Å²) in [6.45, 7) is 6.64. The van der Waals surface area contributed by atoms with Crippen molar-refractivity contribution in [3.63, 3.8) is 0 Å². The summed E-state index contributed by atoms with van der Waals surface area (Å²) in [6.07, 6.45) is 72.4. The van der Waals surface area contributed by atoms with Crippen molar-refractivity contribution in [3.05, 3.63) is 48.6 Å². The standard InChI is InChI=1S/C64H116O6/c1-4-7-10-13-16-19-22-25-28-31-33-36-39-42-45-48-51-54-57-63(66)69-60-61(59-68-62(65)56-53-50-47-44-41-38-35-30-27-24-21-18-15-12-9-6-3)70-64(67)58-55-52-49-46-43-40-37-34-32-29-26-23-20-17-14-11-8-5-2/h16,19,22,25,28,31,33,36,61H,4-15,17-18,20-21,23-24,26-27,29-30,32,34-35,37-60H2,1-3H3/b19-16-,25-22-,31-28-,36-33-. The predicted molar refractivity (Wildman–Crippen MR) is 302 cm³/mol. The predicted octanol–water partition coefficient (Wildman–Crippen LogP) is 20.6. The summed E-state index contributed by atoms with van der Waals surface area (Å²) >= 11 is 0. The zero-order valence-corrected chi connectivity index (χ0v) is 46.8. The number of rotatable bonds is 56. The Balaban J connectivity index is 4.38. The van der Waals surface area contributed by atoms with Crippen molar-refractivity contribution < 1.29 is 28.6 Å². The zero-order valence-electron chi connectivity index (χ0n) is 46.8. The van der Waals surface area contributed by atoms with Gasteiger partial charge in [-0.3, -0.25) is 14.4 Å². The van der Waals surface area contributed by atoms with Crippen LogP contribution in [0.15, 0.2) is 48.6 Å². The lowest BCUT2D eigenvalue weighted by molar-refractivity contribution is -0.167. The van der Waals surface area contributed by atoms with Crippen molar-refractivity contribution in [1.82, 2.24) is 0 Å². The molecule has 6 nitrogen and oxygen atoms in total. The second kappa shape index (κ2) is 58.9. The van der Waals surface area contributed by atoms with Crippen LogP contribution in [0.1, 0.15) is 323 Å². The summed E-state index contributed by atoms with van der Waals surface area (Å²) in [7, 11) is 0. The molecule has 0 aliphatic heterocycles. The van der Waals surface area contributed by atoms with Crippen LogP contribution in [-0.2, 0) is 28.6 Å². The molecule has 1 unspecified atom stereocenters. The molecule has 0 aromatic carbocycles. The van der Waals surface area contributed by atoms with E-state index in [-0.39, 0.29) is 31.1 Å². The minimum Gasteiger partial charge on any atom is -0.462 e. The lowest BCUT2D eigenvalue weighted by atomic mass is 10.0. The van der Waals surface area contributed by atoms with E-state index in [9.17, 15) is 14.4 Å². The Morgan fingerprint density at radius 2 is 0.514 bits per heavy atom. The van der Waals surface area contributed by atoms with E-state index in [1.807, 2.05) is 0 Å². The average molecular weight is 982 g/mol. The number of carbonyl (C=O) groups is 3. The summed E-state index contributed by atoms with van der Waals surface area (Å²) in [5.74, 6) is -0.878. The Labute approximate surface area is 435 Å². The molecule has 0 aromatic rings. The first-order chi connectivity index (χ1) is 34.5. The number of hydrogen-bond donors (Lipinski definition) is 0. The molecule has 0 rings (SSSR count). The van der Waals surface area contributed by atoms with E-state index >= 15 is 0 Å². The average Bonchev–Trinajstić information content (AvgIpc) is 3.36. The fourth-order valence-corrected chi connectivity index (χ4v) is 9.05. The molecule has 0 heterocycles. The molecular weight excluding hydrogens is 865 g/mol. The molecule has 0 saturated carbocycles. The van der Waals surface area contributed by atoms with E-state index in [4.69, 9.17) is 14.2 Å². The molecule has 0 bridgehead atoms. The Morgan fingerprint density at radius 1 is 0.286 bits per heavy atom. The van der Waals surface area contributed by atoms with Gasteiger partial charge in [-0.1, -0.05) is 307 Å². The van der Waals surface area contributed by atoms with Crippen LogP contribution in [0.4, 0.5) is 0 Å². The van der Waals surface area contributed by atoms with E-state index in [1.54, 1.807) is 0 Å². The van der Waals surface area contributed by atoms with E-state index < -0.39 is 6.10 Å². The fraction of sp³-hybridized carbons (Fsp3) is 0.828. The van der Waals surface area contributed by atoms with Gasteiger partial charge in [0.25, 0.3) is 0 Å². The number of carbonyl (C=O) groups excluding carboxylic acids is 3. The monoisotopic (exact) mass is 981 g/mol. The zero-order chi connectivity index (χ0) is 50.7. The molecule has 408 valence electrons. The van der Waals surface area contributed by atoms with Crippen molar-refractivity contribution >= 4 is 17.9 Å². The van der Waals surface area contributed by atoms with Crippen LogP contribution < -0.4 is 0 Å². The van der Waals surface area contributed by atoms with Gasteiger partial charge in [0.2, 0.25) is 0 Å². The molecule has 0 aromatic heterocycles. The molecule has 0 spiro atoms. The van der Waals surface area contributed by atoms with Crippen LogP contribution in [0.25, 0.3) is 0 Å². The molecule has 0 amide bonds. The lowest BCUT2D eigenvalue weighted by Crippen LogP contribution is -2.30. The molecule has 6 heteroatoms. The van der Waals surface area contributed by atoms with Crippen molar-refractivity contribution in [1.29, 1.82) is 0 Å². The van der Waals surface area contributed by atoms with Crippen LogP contribution in [0.2, 0.25) is 0 Å². The minimum atomic E-state index is -0.780. The molecular formula is C64H116O6. The van der Waals surface area contributed by atoms with Crippen LogP contribution in [0.3, 0.4) is 0 Å². The quantitative estimate of drug-likeness (QED) is 0.0261. The highest BCUT2D eigenvalue weighted by molar-refractivity contribution is 5.71. The fourth-order valence-electron chi connectivity index (χ4n) is 9.05. The largest absolute Gasteiger partial charge is 0.462 e. The van der Waals surface area contributed by atoms with E-state index in [0.717, 1.165) is 83.5 Å². The molecule has 70 heavy (non-hydrogen) atoms. The molecule has 0 saturated heterocycles.